The highest BCUT2D eigenvalue weighted by Gasteiger charge is 2.41. The summed E-state index contributed by atoms with van der Waals surface area (Å²) in [6, 6.07) is 12.0. The maximum absolute atomic E-state index is 12.6. The summed E-state index contributed by atoms with van der Waals surface area (Å²) in [5.41, 5.74) is 1.32. The van der Waals surface area contributed by atoms with Crippen molar-refractivity contribution in [3.05, 3.63) is 74.7 Å². The third-order valence-electron chi connectivity index (χ3n) is 4.54. The molecule has 2 amide bonds. The van der Waals surface area contributed by atoms with Crippen LogP contribution in [0.5, 0.6) is 5.75 Å². The molecule has 0 aromatic heterocycles. The van der Waals surface area contributed by atoms with Crippen LogP contribution in [-0.4, -0.2) is 39.6 Å². The Kier molecular flexibility index (Phi) is 7.26. The Morgan fingerprint density at radius 2 is 1.94 bits per heavy atom. The van der Waals surface area contributed by atoms with E-state index < -0.39 is 28.1 Å². The van der Waals surface area contributed by atoms with Gasteiger partial charge in [-0.1, -0.05) is 24.3 Å². The second-order valence-electron chi connectivity index (χ2n) is 6.76. The fourth-order valence-electron chi connectivity index (χ4n) is 2.92. The van der Waals surface area contributed by atoms with Gasteiger partial charge in [0.2, 0.25) is 0 Å². The molecule has 1 fully saturated rings. The number of hydrogen-bond donors (Lipinski definition) is 0. The van der Waals surface area contributed by atoms with E-state index in [1.807, 2.05) is 0 Å². The molecule has 3 rings (SSSR count). The Morgan fingerprint density at radius 1 is 1.22 bits per heavy atom. The molecule has 0 saturated carbocycles. The molecule has 2 aromatic rings. The molecule has 0 aliphatic carbocycles. The number of ether oxygens (including phenoxy) is 2. The number of hydrogen-bond acceptors (Lipinski definition) is 8. The molecule has 1 aliphatic heterocycles. The SMILES string of the molecule is CCOC(=O)[C@H](C)N1C(=O)S/C(=C/c2ccc(OCc3cccc([N+](=O)[O-])c3)cc2)C1=O. The van der Waals surface area contributed by atoms with Crippen LogP contribution in [0.2, 0.25) is 0 Å². The van der Waals surface area contributed by atoms with Crippen LogP contribution in [-0.2, 0) is 20.9 Å². The van der Waals surface area contributed by atoms with E-state index in [2.05, 4.69) is 0 Å². The van der Waals surface area contributed by atoms with Gasteiger partial charge in [-0.15, -0.1) is 0 Å². The van der Waals surface area contributed by atoms with Gasteiger partial charge < -0.3 is 9.47 Å². The smallest absolute Gasteiger partial charge is 0.329 e. The van der Waals surface area contributed by atoms with Crippen molar-refractivity contribution in [2.75, 3.05) is 6.61 Å². The lowest BCUT2D eigenvalue weighted by atomic mass is 10.2. The number of nitrogens with zero attached hydrogens (tertiary/aromatic N) is 2. The first-order valence-electron chi connectivity index (χ1n) is 9.70. The number of benzene rings is 2. The normalized spacial score (nSPS) is 15.7. The molecule has 9 nitrogen and oxygen atoms in total. The van der Waals surface area contributed by atoms with Gasteiger partial charge >= 0.3 is 5.97 Å². The van der Waals surface area contributed by atoms with E-state index in [0.29, 0.717) is 16.9 Å². The summed E-state index contributed by atoms with van der Waals surface area (Å²) in [5, 5.41) is 10.3. The van der Waals surface area contributed by atoms with Gasteiger partial charge in [-0.25, -0.2) is 4.79 Å². The Bertz CT molecular complexity index is 1080. The summed E-state index contributed by atoms with van der Waals surface area (Å²) in [6.45, 7) is 3.41. The van der Waals surface area contributed by atoms with Gasteiger partial charge in [-0.2, -0.15) is 0 Å². The monoisotopic (exact) mass is 456 g/mol. The molecular weight excluding hydrogens is 436 g/mol. The van der Waals surface area contributed by atoms with Crippen LogP contribution in [0.25, 0.3) is 6.08 Å². The molecule has 2 aromatic carbocycles. The summed E-state index contributed by atoms with van der Waals surface area (Å²) >= 11 is 0.760. The van der Waals surface area contributed by atoms with Gasteiger partial charge in [-0.3, -0.25) is 24.6 Å². The van der Waals surface area contributed by atoms with Gasteiger partial charge in [-0.05, 0) is 54.9 Å². The van der Waals surface area contributed by atoms with E-state index in [1.54, 1.807) is 49.4 Å². The maximum Gasteiger partial charge on any atom is 0.329 e. The molecule has 0 radical (unpaired) electrons. The zero-order valence-electron chi connectivity index (χ0n) is 17.3. The summed E-state index contributed by atoms with van der Waals surface area (Å²) in [4.78, 5) is 48.2. The lowest BCUT2D eigenvalue weighted by Crippen LogP contribution is -2.42. The minimum atomic E-state index is -1.00. The third kappa shape index (κ3) is 5.33. The fourth-order valence-corrected chi connectivity index (χ4v) is 3.83. The van der Waals surface area contributed by atoms with Crippen molar-refractivity contribution in [2.24, 2.45) is 0 Å². The van der Waals surface area contributed by atoms with Gasteiger partial charge in [0.1, 0.15) is 18.4 Å². The van der Waals surface area contributed by atoms with Gasteiger partial charge in [0.25, 0.3) is 16.8 Å². The van der Waals surface area contributed by atoms with Crippen LogP contribution in [0.1, 0.15) is 25.0 Å². The van der Waals surface area contributed by atoms with Crippen molar-refractivity contribution >= 4 is 40.6 Å². The molecule has 166 valence electrons. The zero-order valence-corrected chi connectivity index (χ0v) is 18.2. The molecule has 1 atom stereocenters. The number of rotatable bonds is 8. The lowest BCUT2D eigenvalue weighted by molar-refractivity contribution is -0.384. The van der Waals surface area contributed by atoms with Crippen molar-refractivity contribution < 1.29 is 28.8 Å². The third-order valence-corrected chi connectivity index (χ3v) is 5.43. The molecule has 0 bridgehead atoms. The number of nitro benzene ring substituents is 1. The number of carbonyl (C=O) groups is 3. The Labute approximate surface area is 188 Å². The number of amides is 2. The molecule has 10 heteroatoms. The summed E-state index contributed by atoms with van der Waals surface area (Å²) in [5.74, 6) is -0.648. The number of carbonyl (C=O) groups excluding carboxylic acids is 3. The number of nitro groups is 1. The van der Waals surface area contributed by atoms with E-state index in [1.165, 1.54) is 19.1 Å². The van der Waals surface area contributed by atoms with Crippen molar-refractivity contribution in [2.45, 2.75) is 26.5 Å². The second kappa shape index (κ2) is 10.1. The predicted molar refractivity (Wildman–Crippen MR) is 118 cm³/mol. The molecule has 1 aliphatic rings. The fraction of sp³-hybridized carbons (Fsp3) is 0.227. The first-order valence-corrected chi connectivity index (χ1v) is 10.5. The summed E-state index contributed by atoms with van der Waals surface area (Å²) < 4.78 is 10.6. The minimum absolute atomic E-state index is 0.00679. The van der Waals surface area contributed by atoms with Crippen LogP contribution < -0.4 is 4.74 Å². The Balaban J connectivity index is 1.65. The topological polar surface area (TPSA) is 116 Å². The summed E-state index contributed by atoms with van der Waals surface area (Å²) in [7, 11) is 0. The van der Waals surface area contributed by atoms with Gasteiger partial charge in [0.15, 0.2) is 0 Å². The van der Waals surface area contributed by atoms with E-state index in [0.717, 1.165) is 16.7 Å². The van der Waals surface area contributed by atoms with Crippen molar-refractivity contribution in [1.29, 1.82) is 0 Å². The largest absolute Gasteiger partial charge is 0.489 e. The van der Waals surface area contributed by atoms with Crippen LogP contribution in [0.3, 0.4) is 0 Å². The molecule has 1 saturated heterocycles. The second-order valence-corrected chi connectivity index (χ2v) is 7.76. The van der Waals surface area contributed by atoms with E-state index in [4.69, 9.17) is 9.47 Å². The van der Waals surface area contributed by atoms with Crippen molar-refractivity contribution in [1.82, 2.24) is 4.90 Å². The zero-order chi connectivity index (χ0) is 23.3. The van der Waals surface area contributed by atoms with Crippen LogP contribution in [0.15, 0.2) is 53.4 Å². The number of imide groups is 1. The van der Waals surface area contributed by atoms with E-state index >= 15 is 0 Å². The number of non-ortho nitro benzene ring substituents is 1. The average Bonchev–Trinajstić information content (AvgIpc) is 3.05. The Morgan fingerprint density at radius 3 is 2.59 bits per heavy atom. The Hall–Kier alpha value is -3.66. The van der Waals surface area contributed by atoms with Crippen LogP contribution in [0.4, 0.5) is 10.5 Å². The molecule has 32 heavy (non-hydrogen) atoms. The number of thioether (sulfide) groups is 1. The summed E-state index contributed by atoms with van der Waals surface area (Å²) in [6.07, 6.45) is 1.56. The molecule has 0 unspecified atom stereocenters. The lowest BCUT2D eigenvalue weighted by Gasteiger charge is -2.19. The van der Waals surface area contributed by atoms with Crippen LogP contribution in [0, 0.1) is 10.1 Å². The first kappa shape index (κ1) is 23.0. The molecular formula is C22H20N2O7S. The van der Waals surface area contributed by atoms with E-state index in [9.17, 15) is 24.5 Å². The van der Waals surface area contributed by atoms with Crippen molar-refractivity contribution in [3.8, 4) is 5.75 Å². The number of esters is 1. The molecule has 1 heterocycles. The maximum atomic E-state index is 12.6. The highest BCUT2D eigenvalue weighted by molar-refractivity contribution is 8.18. The quantitative estimate of drug-likeness (QED) is 0.252. The highest BCUT2D eigenvalue weighted by atomic mass is 32.2. The highest BCUT2D eigenvalue weighted by Crippen LogP contribution is 2.34. The van der Waals surface area contributed by atoms with Crippen molar-refractivity contribution in [3.63, 3.8) is 0 Å². The molecule has 0 spiro atoms. The van der Waals surface area contributed by atoms with Gasteiger partial charge in [0.05, 0.1) is 16.4 Å². The predicted octanol–water partition coefficient (Wildman–Crippen LogP) is 4.16. The van der Waals surface area contributed by atoms with Crippen LogP contribution >= 0.6 is 11.8 Å². The minimum Gasteiger partial charge on any atom is -0.489 e. The van der Waals surface area contributed by atoms with Gasteiger partial charge in [0, 0.05) is 12.1 Å². The standard InChI is InChI=1S/C22H20N2O7S/c1-3-30-21(26)14(2)23-20(25)19(32-22(23)27)12-15-7-9-18(10-8-15)31-13-16-5-4-6-17(11-16)24(28)29/h4-12,14H,3,13H2,1-2H3/b19-12+/t14-/m0/s1. The first-order chi connectivity index (χ1) is 15.3. The molecule has 0 N–H and O–H groups in total. The van der Waals surface area contributed by atoms with E-state index in [-0.39, 0.29) is 23.8 Å². The average molecular weight is 456 g/mol.